The summed E-state index contributed by atoms with van der Waals surface area (Å²) in [5, 5.41) is 9.44. The first kappa shape index (κ1) is 17.2. The Morgan fingerprint density at radius 2 is 1.84 bits per heavy atom. The molecule has 1 aromatic heterocycles. The smallest absolute Gasteiger partial charge is 0.253 e. The fourth-order valence-corrected chi connectivity index (χ4v) is 3.33. The number of carbonyl (C=O) groups is 1. The largest absolute Gasteiger partial charge is 0.345 e. The van der Waals surface area contributed by atoms with Crippen molar-refractivity contribution < 1.29 is 4.79 Å². The Hall–Kier alpha value is -2.60. The lowest BCUT2D eigenvalue weighted by Gasteiger charge is -2.11. The van der Waals surface area contributed by atoms with E-state index in [-0.39, 0.29) is 5.91 Å². The molecule has 1 heterocycles. The summed E-state index contributed by atoms with van der Waals surface area (Å²) in [6, 6.07) is 17.7. The van der Waals surface area contributed by atoms with Crippen molar-refractivity contribution in [2.45, 2.75) is 10.9 Å². The van der Waals surface area contributed by atoms with Gasteiger partial charge in [-0.1, -0.05) is 54.2 Å². The summed E-state index contributed by atoms with van der Waals surface area (Å²) >= 11 is 1.61. The molecule has 0 aliphatic carbocycles. The van der Waals surface area contributed by atoms with Gasteiger partial charge in [0.15, 0.2) is 11.0 Å². The molecule has 1 amide bonds. The number of rotatable bonds is 5. The van der Waals surface area contributed by atoms with E-state index < -0.39 is 0 Å². The van der Waals surface area contributed by atoms with Crippen molar-refractivity contribution in [3.05, 3.63) is 65.7 Å². The summed E-state index contributed by atoms with van der Waals surface area (Å²) in [5.41, 5.74) is 2.83. The van der Waals surface area contributed by atoms with Gasteiger partial charge < -0.3 is 9.47 Å². The number of nitrogens with zero attached hydrogens (tertiary/aromatic N) is 4. The summed E-state index contributed by atoms with van der Waals surface area (Å²) in [6.45, 7) is 0. The molecule has 0 aliphatic heterocycles. The second kappa shape index (κ2) is 7.53. The molecule has 0 saturated carbocycles. The van der Waals surface area contributed by atoms with Gasteiger partial charge in [-0.05, 0) is 17.7 Å². The molecule has 0 saturated heterocycles. The van der Waals surface area contributed by atoms with E-state index in [1.165, 1.54) is 0 Å². The van der Waals surface area contributed by atoms with Crippen molar-refractivity contribution in [1.82, 2.24) is 19.7 Å². The molecule has 0 radical (unpaired) electrons. The molecule has 3 aromatic rings. The second-order valence-electron chi connectivity index (χ2n) is 5.92. The van der Waals surface area contributed by atoms with Crippen LogP contribution in [0.15, 0.2) is 59.8 Å². The summed E-state index contributed by atoms with van der Waals surface area (Å²) in [4.78, 5) is 13.7. The highest BCUT2D eigenvalue weighted by Crippen LogP contribution is 2.25. The number of hydrogen-bond acceptors (Lipinski definition) is 4. The van der Waals surface area contributed by atoms with E-state index in [1.54, 1.807) is 30.8 Å². The number of hydrogen-bond donors (Lipinski definition) is 0. The minimum atomic E-state index is 0.0110. The third-order valence-electron chi connectivity index (χ3n) is 3.81. The SMILES string of the molecule is CN(C)C(=O)c1cccc(CSc2nnc(-c3ccccc3)n2C)c1. The molecular weight excluding hydrogens is 332 g/mol. The summed E-state index contributed by atoms with van der Waals surface area (Å²) in [5.74, 6) is 1.59. The highest BCUT2D eigenvalue weighted by molar-refractivity contribution is 7.98. The normalized spacial score (nSPS) is 10.7. The predicted molar refractivity (Wildman–Crippen MR) is 100 cm³/mol. The van der Waals surface area contributed by atoms with E-state index in [0.717, 1.165) is 27.9 Å². The van der Waals surface area contributed by atoms with Gasteiger partial charge in [-0.3, -0.25) is 4.79 Å². The zero-order valence-electron chi connectivity index (χ0n) is 14.5. The Kier molecular flexibility index (Phi) is 5.19. The van der Waals surface area contributed by atoms with Crippen LogP contribution in [0.25, 0.3) is 11.4 Å². The molecule has 0 atom stereocenters. The van der Waals surface area contributed by atoms with Crippen molar-refractivity contribution in [3.8, 4) is 11.4 Å². The van der Waals surface area contributed by atoms with Crippen LogP contribution in [0.3, 0.4) is 0 Å². The molecule has 0 aliphatic rings. The van der Waals surface area contributed by atoms with Gasteiger partial charge in [-0.25, -0.2) is 0 Å². The zero-order valence-corrected chi connectivity index (χ0v) is 15.3. The molecule has 0 unspecified atom stereocenters. The molecule has 6 heteroatoms. The molecule has 128 valence electrons. The summed E-state index contributed by atoms with van der Waals surface area (Å²) in [7, 11) is 5.49. The second-order valence-corrected chi connectivity index (χ2v) is 6.86. The average Bonchev–Trinajstić information content (AvgIpc) is 3.01. The molecule has 0 spiro atoms. The van der Waals surface area contributed by atoms with Crippen LogP contribution in [0.1, 0.15) is 15.9 Å². The monoisotopic (exact) mass is 352 g/mol. The Balaban J connectivity index is 1.74. The Morgan fingerprint density at radius 3 is 2.56 bits per heavy atom. The van der Waals surface area contributed by atoms with E-state index in [4.69, 9.17) is 0 Å². The fourth-order valence-electron chi connectivity index (χ4n) is 2.48. The Bertz CT molecular complexity index is 874. The van der Waals surface area contributed by atoms with Crippen molar-refractivity contribution in [2.24, 2.45) is 7.05 Å². The van der Waals surface area contributed by atoms with Gasteiger partial charge in [-0.15, -0.1) is 10.2 Å². The number of amides is 1. The average molecular weight is 352 g/mol. The van der Waals surface area contributed by atoms with Crippen LogP contribution < -0.4 is 0 Å². The topological polar surface area (TPSA) is 51.0 Å². The van der Waals surface area contributed by atoms with Gasteiger partial charge in [-0.2, -0.15) is 0 Å². The molecule has 0 N–H and O–H groups in total. The first-order chi connectivity index (χ1) is 12.1. The molecule has 5 nitrogen and oxygen atoms in total. The highest BCUT2D eigenvalue weighted by Gasteiger charge is 2.12. The van der Waals surface area contributed by atoms with E-state index >= 15 is 0 Å². The molecule has 25 heavy (non-hydrogen) atoms. The lowest BCUT2D eigenvalue weighted by atomic mass is 10.1. The van der Waals surface area contributed by atoms with Crippen LogP contribution in [-0.4, -0.2) is 39.7 Å². The molecular formula is C19H20N4OS. The third-order valence-corrected chi connectivity index (χ3v) is 4.91. The highest BCUT2D eigenvalue weighted by atomic mass is 32.2. The zero-order chi connectivity index (χ0) is 17.8. The Morgan fingerprint density at radius 1 is 1.08 bits per heavy atom. The first-order valence-electron chi connectivity index (χ1n) is 7.94. The van der Waals surface area contributed by atoms with Gasteiger partial charge in [0, 0.05) is 38.0 Å². The Labute approximate surface area is 151 Å². The summed E-state index contributed by atoms with van der Waals surface area (Å²) in [6.07, 6.45) is 0. The van der Waals surface area contributed by atoms with Crippen LogP contribution in [0, 0.1) is 0 Å². The molecule has 0 bridgehead atoms. The summed E-state index contributed by atoms with van der Waals surface area (Å²) < 4.78 is 1.99. The van der Waals surface area contributed by atoms with Gasteiger partial charge >= 0.3 is 0 Å². The van der Waals surface area contributed by atoms with Crippen molar-refractivity contribution in [1.29, 1.82) is 0 Å². The maximum Gasteiger partial charge on any atom is 0.253 e. The van der Waals surface area contributed by atoms with Crippen LogP contribution in [0.5, 0.6) is 0 Å². The first-order valence-corrected chi connectivity index (χ1v) is 8.93. The minimum Gasteiger partial charge on any atom is -0.345 e. The van der Waals surface area contributed by atoms with Gasteiger partial charge in [0.2, 0.25) is 0 Å². The maximum atomic E-state index is 12.1. The predicted octanol–water partition coefficient (Wildman–Crippen LogP) is 3.48. The number of benzene rings is 2. The number of aromatic nitrogens is 3. The van der Waals surface area contributed by atoms with Crippen LogP contribution in [0.2, 0.25) is 0 Å². The van der Waals surface area contributed by atoms with E-state index in [9.17, 15) is 4.79 Å². The van der Waals surface area contributed by atoms with Crippen LogP contribution in [-0.2, 0) is 12.8 Å². The molecule has 0 fully saturated rings. The van der Waals surface area contributed by atoms with Crippen LogP contribution >= 0.6 is 11.8 Å². The number of carbonyl (C=O) groups excluding carboxylic acids is 1. The van der Waals surface area contributed by atoms with Crippen molar-refractivity contribution in [3.63, 3.8) is 0 Å². The van der Waals surface area contributed by atoms with E-state index in [1.807, 2.05) is 66.2 Å². The van der Waals surface area contributed by atoms with E-state index in [0.29, 0.717) is 5.56 Å². The van der Waals surface area contributed by atoms with Crippen LogP contribution in [0.4, 0.5) is 0 Å². The van der Waals surface area contributed by atoms with Gasteiger partial charge in [0.1, 0.15) is 0 Å². The molecule has 2 aromatic carbocycles. The quantitative estimate of drug-likeness (QED) is 0.660. The molecule has 3 rings (SSSR count). The van der Waals surface area contributed by atoms with Crippen molar-refractivity contribution in [2.75, 3.05) is 14.1 Å². The van der Waals surface area contributed by atoms with Gasteiger partial charge in [0.05, 0.1) is 0 Å². The third kappa shape index (κ3) is 3.91. The lowest BCUT2D eigenvalue weighted by Crippen LogP contribution is -2.21. The number of thioether (sulfide) groups is 1. The van der Waals surface area contributed by atoms with Gasteiger partial charge in [0.25, 0.3) is 5.91 Å². The lowest BCUT2D eigenvalue weighted by molar-refractivity contribution is 0.0827. The fraction of sp³-hybridized carbons (Fsp3) is 0.211. The van der Waals surface area contributed by atoms with Crippen molar-refractivity contribution >= 4 is 17.7 Å². The standard InChI is InChI=1S/C19H20N4OS/c1-22(2)18(24)16-11-7-8-14(12-16)13-25-19-21-20-17(23(19)3)15-9-5-4-6-10-15/h4-12H,13H2,1-3H3. The maximum absolute atomic E-state index is 12.1. The van der Waals surface area contributed by atoms with E-state index in [2.05, 4.69) is 10.2 Å². The minimum absolute atomic E-state index is 0.0110.